The number of nitrogens with one attached hydrogen (secondary N) is 1. The van der Waals surface area contributed by atoms with E-state index in [1.54, 1.807) is 74.5 Å². The molecule has 0 fully saturated rings. The molecule has 55 heavy (non-hydrogen) atoms. The van der Waals surface area contributed by atoms with E-state index >= 15 is 0 Å². The highest BCUT2D eigenvalue weighted by Crippen LogP contribution is 2.32. The molecule has 19 heteroatoms. The summed E-state index contributed by atoms with van der Waals surface area (Å²) in [6.07, 6.45) is -3.94. The zero-order chi connectivity index (χ0) is 40.4. The van der Waals surface area contributed by atoms with Crippen LogP contribution in [0, 0.1) is 5.92 Å². The van der Waals surface area contributed by atoms with Gasteiger partial charge in [-0.05, 0) is 65.3 Å². The lowest BCUT2D eigenvalue weighted by Crippen LogP contribution is -2.61. The molecule has 0 spiro atoms. The van der Waals surface area contributed by atoms with Gasteiger partial charge in [-0.1, -0.05) is 74.5 Å². The lowest BCUT2D eigenvalue weighted by molar-refractivity contribution is -0.155. The summed E-state index contributed by atoms with van der Waals surface area (Å²) in [5.74, 6) is -2.61. The Morgan fingerprint density at radius 2 is 1.56 bits per heavy atom. The van der Waals surface area contributed by atoms with Gasteiger partial charge in [-0.25, -0.2) is 32.5 Å². The quantitative estimate of drug-likeness (QED) is 0.170. The van der Waals surface area contributed by atoms with E-state index in [0.29, 0.717) is 16.8 Å². The number of imide groups is 4. The van der Waals surface area contributed by atoms with E-state index in [4.69, 9.17) is 16.2 Å². The van der Waals surface area contributed by atoms with Crippen molar-refractivity contribution in [2.24, 2.45) is 16.4 Å². The number of nitrogens with two attached hydrogens (primary N) is 2. The number of carbonyl (C=O) groups is 5. The molecule has 1 unspecified atom stereocenters. The van der Waals surface area contributed by atoms with Crippen molar-refractivity contribution in [3.63, 3.8) is 0 Å². The van der Waals surface area contributed by atoms with Gasteiger partial charge in [0.15, 0.2) is 7.94 Å². The number of nitrogens with zero attached hydrogens (tertiary/aromatic N) is 4. The SMILES string of the molecule is COC(=O)N[C@H](C(=O)N(C(N)=O)C(=O)N1C(=O)/N=[P+](\[O-])C[C@@H](N(CC(C)C)S(=O)(=O)c2ccc(N)cc2)CCC[C@@H]1O)C(c1ccccc1)c1ccccc1. The van der Waals surface area contributed by atoms with E-state index in [1.165, 1.54) is 28.6 Å². The number of amides is 8. The number of ether oxygens (including phenoxy) is 1. The molecule has 0 saturated carbocycles. The molecular weight excluding hydrogens is 753 g/mol. The fraction of sp³-hybridized carbons (Fsp3) is 0.361. The molecule has 8 amide bonds. The fourth-order valence-corrected chi connectivity index (χ4v) is 9.22. The van der Waals surface area contributed by atoms with Gasteiger partial charge in [0.25, 0.3) is 5.91 Å². The molecule has 6 N–H and O–H groups in total. The Kier molecular flexibility index (Phi) is 14.6. The highest BCUT2D eigenvalue weighted by molar-refractivity contribution is 7.89. The maximum absolute atomic E-state index is 14.4. The molecule has 0 saturated heterocycles. The number of rotatable bonds is 10. The number of sulfonamides is 1. The Morgan fingerprint density at radius 1 is 1.00 bits per heavy atom. The van der Waals surface area contributed by atoms with E-state index in [0.717, 1.165) is 7.11 Å². The van der Waals surface area contributed by atoms with Crippen LogP contribution in [0.15, 0.2) is 94.6 Å². The van der Waals surface area contributed by atoms with Gasteiger partial charge in [-0.2, -0.15) is 9.21 Å². The van der Waals surface area contributed by atoms with Crippen LogP contribution in [0.3, 0.4) is 0 Å². The van der Waals surface area contributed by atoms with E-state index in [1.807, 2.05) is 0 Å². The van der Waals surface area contributed by atoms with Crippen LogP contribution in [0.1, 0.15) is 50.2 Å². The molecule has 294 valence electrons. The first-order valence-electron chi connectivity index (χ1n) is 17.2. The molecule has 1 aliphatic rings. The third kappa shape index (κ3) is 10.5. The van der Waals surface area contributed by atoms with Crippen LogP contribution in [-0.4, -0.2) is 95.9 Å². The summed E-state index contributed by atoms with van der Waals surface area (Å²) < 4.78 is 37.2. The van der Waals surface area contributed by atoms with E-state index in [9.17, 15) is 42.4 Å². The first kappa shape index (κ1) is 42.5. The number of methoxy groups -OCH3 is 1. The van der Waals surface area contributed by atoms with Gasteiger partial charge in [0, 0.05) is 18.2 Å². The molecule has 3 aromatic carbocycles. The maximum Gasteiger partial charge on any atom is 0.407 e. The molecule has 4 rings (SSSR count). The van der Waals surface area contributed by atoms with Crippen LogP contribution in [-0.2, 0) is 19.6 Å². The number of hydrogen-bond donors (Lipinski definition) is 4. The first-order chi connectivity index (χ1) is 26.1. The number of aliphatic hydroxyl groups is 1. The van der Waals surface area contributed by atoms with Crippen molar-refractivity contribution in [1.82, 2.24) is 19.4 Å². The van der Waals surface area contributed by atoms with Gasteiger partial charge in [-0.3, -0.25) is 4.79 Å². The Bertz CT molecular complexity index is 1950. The molecule has 4 atom stereocenters. The third-order valence-electron chi connectivity index (χ3n) is 8.72. The predicted octanol–water partition coefficient (Wildman–Crippen LogP) is 3.73. The number of nitrogen functional groups attached to an aromatic ring is 1. The largest absolute Gasteiger partial charge is 0.612 e. The zero-order valence-electron chi connectivity index (χ0n) is 30.4. The first-order valence-corrected chi connectivity index (χ1v) is 20.1. The second-order valence-corrected chi connectivity index (χ2v) is 16.3. The Labute approximate surface area is 319 Å². The molecule has 0 bridgehead atoms. The molecule has 0 radical (unpaired) electrons. The predicted molar refractivity (Wildman–Crippen MR) is 201 cm³/mol. The zero-order valence-corrected chi connectivity index (χ0v) is 32.1. The molecule has 17 nitrogen and oxygen atoms in total. The lowest BCUT2D eigenvalue weighted by Gasteiger charge is -2.34. The molecule has 3 aromatic rings. The molecule has 0 aliphatic carbocycles. The van der Waals surface area contributed by atoms with Crippen LogP contribution in [0.4, 0.5) is 24.9 Å². The van der Waals surface area contributed by atoms with Crippen molar-refractivity contribution >= 4 is 53.7 Å². The van der Waals surface area contributed by atoms with Crippen molar-refractivity contribution in [3.8, 4) is 0 Å². The van der Waals surface area contributed by atoms with Crippen molar-refractivity contribution in [3.05, 3.63) is 96.1 Å². The van der Waals surface area contributed by atoms with Gasteiger partial charge in [0.05, 0.1) is 18.0 Å². The number of carbonyl (C=O) groups excluding carboxylic acids is 5. The average Bonchev–Trinajstić information content (AvgIpc) is 3.13. The van der Waals surface area contributed by atoms with Crippen molar-refractivity contribution < 1.29 is 47.1 Å². The van der Waals surface area contributed by atoms with Crippen molar-refractivity contribution in [2.75, 3.05) is 25.6 Å². The van der Waals surface area contributed by atoms with Crippen LogP contribution in [0.5, 0.6) is 0 Å². The van der Waals surface area contributed by atoms with Gasteiger partial charge in [0.1, 0.15) is 18.4 Å². The van der Waals surface area contributed by atoms with Gasteiger partial charge >= 0.3 is 24.2 Å². The second-order valence-electron chi connectivity index (χ2n) is 13.1. The number of anilines is 1. The maximum atomic E-state index is 14.4. The number of benzene rings is 3. The smallest absolute Gasteiger partial charge is 0.407 e. The minimum Gasteiger partial charge on any atom is -0.612 e. The van der Waals surface area contributed by atoms with Gasteiger partial charge in [0.2, 0.25) is 10.0 Å². The highest BCUT2D eigenvalue weighted by Gasteiger charge is 2.45. The molecule has 0 aromatic heterocycles. The molecular formula is C36H44N7O10PS. The standard InChI is InChI=1S/C36H44N7O10PS/c1-23(2)21-41(55(51,52)28-19-17-26(37)18-20-28)27-15-10-16-29(44)42(34(47)40-54(50)22-27)36(49)43(33(38)46)32(45)31(39-35(48)53-3)30(24-11-6-4-7-12-24)25-13-8-5-9-14-25/h4-9,11-14,17-20,23,27,29-31,44H,10,15-16,21-22,37H2,1-3H3,(H2,38,46)(H,39,48)/t27-,29-,31-/m0/s1. The summed E-state index contributed by atoms with van der Waals surface area (Å²) in [5, 5.41) is 13.6. The highest BCUT2D eigenvalue weighted by atomic mass is 32.2. The topological polar surface area (TPSA) is 258 Å². The summed E-state index contributed by atoms with van der Waals surface area (Å²) in [4.78, 5) is 81.0. The fourth-order valence-electron chi connectivity index (χ4n) is 6.19. The third-order valence-corrected chi connectivity index (χ3v) is 11.8. The summed E-state index contributed by atoms with van der Waals surface area (Å²) in [5.41, 5.74) is 12.6. The Balaban J connectivity index is 1.72. The van der Waals surface area contributed by atoms with Crippen LogP contribution in [0.25, 0.3) is 0 Å². The minimum atomic E-state index is -4.17. The average molecular weight is 798 g/mol. The molecule has 1 heterocycles. The Morgan fingerprint density at radius 3 is 2.07 bits per heavy atom. The van der Waals surface area contributed by atoms with Crippen LogP contribution in [0.2, 0.25) is 0 Å². The number of hydrogen-bond acceptors (Lipinski definition) is 11. The normalized spacial score (nSPS) is 18.3. The summed E-state index contributed by atoms with van der Waals surface area (Å²) in [7, 11) is -6.07. The number of aliphatic hydroxyl groups excluding tert-OH is 1. The summed E-state index contributed by atoms with van der Waals surface area (Å²) in [6, 6.07) is 14.6. The number of urea groups is 3. The summed E-state index contributed by atoms with van der Waals surface area (Å²) in [6.45, 7) is 3.61. The minimum absolute atomic E-state index is 0.0148. The monoisotopic (exact) mass is 797 g/mol. The van der Waals surface area contributed by atoms with Crippen molar-refractivity contribution in [1.29, 1.82) is 0 Å². The Hall–Kier alpha value is -5.26. The van der Waals surface area contributed by atoms with E-state index in [2.05, 4.69) is 10.1 Å². The van der Waals surface area contributed by atoms with Crippen LogP contribution < -0.4 is 21.7 Å². The van der Waals surface area contributed by atoms with Crippen LogP contribution >= 0.6 is 7.94 Å². The molecule has 1 aliphatic heterocycles. The van der Waals surface area contributed by atoms with Gasteiger partial charge in [-0.15, -0.1) is 0 Å². The number of primary amides is 1. The van der Waals surface area contributed by atoms with Gasteiger partial charge < -0.3 is 31.5 Å². The lowest BCUT2D eigenvalue weighted by atomic mass is 9.84. The van der Waals surface area contributed by atoms with Crippen molar-refractivity contribution in [2.45, 2.75) is 62.2 Å². The second kappa shape index (κ2) is 18.9. The van der Waals surface area contributed by atoms with E-state index < -0.39 is 78.4 Å². The van der Waals surface area contributed by atoms with E-state index in [-0.39, 0.29) is 46.4 Å². The summed E-state index contributed by atoms with van der Waals surface area (Å²) >= 11 is 0. The number of alkyl carbamates (subject to hydrolysis) is 1.